The molecule has 0 unspecified atom stereocenters. The molecule has 0 radical (unpaired) electrons. The quantitative estimate of drug-likeness (QED) is 0.119. The molecular weight excluding hydrogens is 649 g/mol. The summed E-state index contributed by atoms with van der Waals surface area (Å²) < 4.78 is 4.32. The van der Waals surface area contributed by atoms with Gasteiger partial charge in [0, 0.05) is 0 Å². The molecule has 0 aromatic heterocycles. The molecule has 2 atom stereocenters. The molecule has 4 N–H and O–H groups in total. The van der Waals surface area contributed by atoms with E-state index in [1.54, 1.807) is 11.1 Å². The van der Waals surface area contributed by atoms with Gasteiger partial charge in [0.05, 0.1) is 6.61 Å². The first kappa shape index (κ1) is 44.0. The Kier molecular flexibility index (Phi) is 17.6. The molecule has 52 heavy (non-hydrogen) atoms. The summed E-state index contributed by atoms with van der Waals surface area (Å²) in [4.78, 5) is 10.5. The van der Waals surface area contributed by atoms with E-state index in [2.05, 4.69) is 159 Å². The monoisotopic (exact) mass is 712 g/mol. The number of esters is 1. The SMILES string of the molecule is CC1=C(/C=C/C(C)=C/C=C/C(C)=C/C=C/C=C(C)/C=C/C=C(C)/C=C/C2=C(C)CCCC2(C)C)C(C)(C)CCC1.O=C1O[C@H]([C@@H](O)CO)C(O)=C1O. The molecule has 0 fully saturated rings. The Morgan fingerprint density at radius 3 is 1.44 bits per heavy atom. The van der Waals surface area contributed by atoms with Crippen LogP contribution in [0.25, 0.3) is 0 Å². The van der Waals surface area contributed by atoms with Gasteiger partial charge < -0.3 is 25.2 Å². The molecule has 0 saturated heterocycles. The lowest BCUT2D eigenvalue weighted by atomic mass is 9.72. The van der Waals surface area contributed by atoms with Gasteiger partial charge in [0.1, 0.15) is 6.10 Å². The lowest BCUT2D eigenvalue weighted by molar-refractivity contribution is -0.147. The number of hydrogen-bond acceptors (Lipinski definition) is 6. The fourth-order valence-electron chi connectivity index (χ4n) is 6.61. The Morgan fingerprint density at radius 2 is 1.10 bits per heavy atom. The van der Waals surface area contributed by atoms with Gasteiger partial charge in [0.15, 0.2) is 11.9 Å². The van der Waals surface area contributed by atoms with Gasteiger partial charge in [-0.1, -0.05) is 146 Å². The van der Waals surface area contributed by atoms with Crippen molar-refractivity contribution in [1.29, 1.82) is 0 Å². The molecule has 0 bridgehead atoms. The summed E-state index contributed by atoms with van der Waals surface area (Å²) in [5.41, 5.74) is 11.7. The minimum atomic E-state index is -1.42. The third-order valence-corrected chi connectivity index (χ3v) is 9.85. The summed E-state index contributed by atoms with van der Waals surface area (Å²) in [5, 5.41) is 35.0. The van der Waals surface area contributed by atoms with Crippen molar-refractivity contribution in [2.24, 2.45) is 10.8 Å². The van der Waals surface area contributed by atoms with Crippen LogP contribution in [-0.4, -0.2) is 45.2 Å². The summed E-state index contributed by atoms with van der Waals surface area (Å²) in [6, 6.07) is 0. The number of aliphatic hydroxyl groups is 4. The molecule has 3 aliphatic rings. The zero-order valence-corrected chi connectivity index (χ0v) is 33.3. The number of ether oxygens (including phenoxy) is 1. The van der Waals surface area contributed by atoms with Crippen molar-refractivity contribution < 1.29 is 30.0 Å². The second-order valence-electron chi connectivity index (χ2n) is 15.6. The summed E-state index contributed by atoms with van der Waals surface area (Å²) in [5.74, 6) is -2.78. The first-order valence-electron chi connectivity index (χ1n) is 18.5. The van der Waals surface area contributed by atoms with E-state index in [1.165, 1.54) is 72.0 Å². The second-order valence-corrected chi connectivity index (χ2v) is 15.6. The number of hydrogen-bond donors (Lipinski definition) is 4. The zero-order chi connectivity index (χ0) is 39.1. The normalized spacial score (nSPS) is 22.8. The number of rotatable bonds is 12. The van der Waals surface area contributed by atoms with E-state index in [-0.39, 0.29) is 0 Å². The Labute approximate surface area is 313 Å². The summed E-state index contributed by atoms with van der Waals surface area (Å²) in [7, 11) is 0. The highest BCUT2D eigenvalue weighted by Gasteiger charge is 2.38. The Morgan fingerprint density at radius 1 is 0.712 bits per heavy atom. The largest absolute Gasteiger partial charge is 0.505 e. The highest BCUT2D eigenvalue weighted by atomic mass is 16.6. The molecule has 6 heteroatoms. The maximum atomic E-state index is 10.5. The van der Waals surface area contributed by atoms with Crippen LogP contribution in [0.3, 0.4) is 0 Å². The third-order valence-electron chi connectivity index (χ3n) is 9.85. The average molecular weight is 713 g/mol. The van der Waals surface area contributed by atoms with Crippen molar-refractivity contribution in [1.82, 2.24) is 0 Å². The van der Waals surface area contributed by atoms with Crippen LogP contribution in [0.5, 0.6) is 0 Å². The van der Waals surface area contributed by atoms with Gasteiger partial charge in [-0.3, -0.25) is 0 Å². The highest BCUT2D eigenvalue weighted by molar-refractivity contribution is 5.89. The van der Waals surface area contributed by atoms with Crippen molar-refractivity contribution in [2.45, 2.75) is 120 Å². The maximum Gasteiger partial charge on any atom is 0.377 e. The number of carbonyl (C=O) groups is 1. The van der Waals surface area contributed by atoms with Crippen molar-refractivity contribution >= 4 is 5.97 Å². The third kappa shape index (κ3) is 14.1. The Bertz CT molecular complexity index is 1540. The van der Waals surface area contributed by atoms with E-state index in [0.29, 0.717) is 10.8 Å². The van der Waals surface area contributed by atoms with Crippen LogP contribution in [0.1, 0.15) is 108 Å². The summed E-state index contributed by atoms with van der Waals surface area (Å²) in [6.07, 6.45) is 35.6. The predicted molar refractivity (Wildman–Crippen MR) is 217 cm³/mol. The lowest BCUT2D eigenvalue weighted by Gasteiger charge is -2.33. The van der Waals surface area contributed by atoms with Gasteiger partial charge >= 0.3 is 5.97 Å². The van der Waals surface area contributed by atoms with Crippen molar-refractivity contribution in [3.8, 4) is 0 Å². The van der Waals surface area contributed by atoms with Crippen LogP contribution in [0.4, 0.5) is 0 Å². The molecule has 6 nitrogen and oxygen atoms in total. The van der Waals surface area contributed by atoms with Crippen LogP contribution in [0, 0.1) is 10.8 Å². The fraction of sp³-hybridized carbons (Fsp3) is 0.457. The number of allylic oxidation sites excluding steroid dienone is 22. The van der Waals surface area contributed by atoms with Gasteiger partial charge in [-0.15, -0.1) is 0 Å². The number of carbonyl (C=O) groups excluding carboxylic acids is 1. The smallest absolute Gasteiger partial charge is 0.377 e. The Hall–Kier alpha value is -4.13. The molecule has 2 aliphatic carbocycles. The molecule has 0 aromatic rings. The number of aliphatic hydroxyl groups excluding tert-OH is 4. The molecular formula is C46H64O6. The molecule has 284 valence electrons. The molecule has 0 spiro atoms. The Balaban J connectivity index is 0.000000657. The molecule has 0 saturated carbocycles. The van der Waals surface area contributed by atoms with E-state index >= 15 is 0 Å². The molecule has 1 aliphatic heterocycles. The summed E-state index contributed by atoms with van der Waals surface area (Å²) >= 11 is 0. The predicted octanol–water partition coefficient (Wildman–Crippen LogP) is 11.2. The van der Waals surface area contributed by atoms with E-state index in [0.717, 1.165) is 0 Å². The van der Waals surface area contributed by atoms with Crippen LogP contribution in [-0.2, 0) is 9.53 Å². The second kappa shape index (κ2) is 20.8. The zero-order valence-electron chi connectivity index (χ0n) is 33.3. The van der Waals surface area contributed by atoms with Gasteiger partial charge in [0.2, 0.25) is 5.76 Å². The first-order chi connectivity index (χ1) is 24.4. The molecule has 3 rings (SSSR count). The molecule has 0 amide bonds. The minimum absolute atomic E-state index is 0.291. The number of cyclic esters (lactones) is 1. The highest BCUT2D eigenvalue weighted by Crippen LogP contribution is 2.41. The lowest BCUT2D eigenvalue weighted by Crippen LogP contribution is -2.31. The van der Waals surface area contributed by atoms with Crippen LogP contribution in [0.15, 0.2) is 141 Å². The van der Waals surface area contributed by atoms with Crippen LogP contribution >= 0.6 is 0 Å². The standard InChI is InChI=1S/C40H56.C6H8O6/c1-31(19-13-21-33(3)25-27-37-35(5)23-15-29-39(37,7)8)17-11-12-18-32(2)20-14-22-34(4)26-28-38-36(6)24-16-30-40(38,9)10;7-1-2(8)5-3(9)4(10)6(11)12-5/h11-14,17-22,25-28H,15-16,23-24,29-30H2,1-10H3;2,5,7-10H,1H2/b12-11+,19-13+,20-14+,27-25+,28-26+,31-17+,32-18+,33-21+,34-22+;/t;2-,5+/m.0/s1. The van der Waals surface area contributed by atoms with Gasteiger partial charge in [-0.05, 0) is 102 Å². The van der Waals surface area contributed by atoms with Crippen LogP contribution in [0.2, 0.25) is 0 Å². The maximum absolute atomic E-state index is 10.5. The molecule has 0 aromatic carbocycles. The minimum Gasteiger partial charge on any atom is -0.505 e. The first-order valence-corrected chi connectivity index (χ1v) is 18.5. The van der Waals surface area contributed by atoms with Crippen LogP contribution < -0.4 is 0 Å². The van der Waals surface area contributed by atoms with Gasteiger partial charge in [-0.25, -0.2) is 4.79 Å². The topological polar surface area (TPSA) is 107 Å². The summed E-state index contributed by atoms with van der Waals surface area (Å²) in [6.45, 7) is 22.0. The van der Waals surface area contributed by atoms with E-state index < -0.39 is 36.3 Å². The van der Waals surface area contributed by atoms with Crippen molar-refractivity contribution in [3.63, 3.8) is 0 Å². The van der Waals surface area contributed by atoms with E-state index in [9.17, 15) is 4.79 Å². The van der Waals surface area contributed by atoms with Crippen molar-refractivity contribution in [2.75, 3.05) is 6.61 Å². The fourth-order valence-corrected chi connectivity index (χ4v) is 6.61. The van der Waals surface area contributed by atoms with E-state index in [4.69, 9.17) is 20.4 Å². The average Bonchev–Trinajstić information content (AvgIpc) is 3.32. The van der Waals surface area contributed by atoms with Gasteiger partial charge in [-0.2, -0.15) is 0 Å². The molecule has 1 heterocycles. The van der Waals surface area contributed by atoms with Crippen molar-refractivity contribution in [3.05, 3.63) is 141 Å². The van der Waals surface area contributed by atoms with E-state index in [1.807, 2.05) is 0 Å². The van der Waals surface area contributed by atoms with Gasteiger partial charge in [0.25, 0.3) is 0 Å².